The molecule has 0 bridgehead atoms. The molecule has 0 aromatic heterocycles. The molecule has 3 rings (SSSR count). The number of rotatable bonds is 4. The van der Waals surface area contributed by atoms with Gasteiger partial charge >= 0.3 is 0 Å². The second-order valence-electron chi connectivity index (χ2n) is 6.27. The largest absolute Gasteiger partial charge is 0.371 e. The molecule has 2 heterocycles. The van der Waals surface area contributed by atoms with Gasteiger partial charge in [0.15, 0.2) is 9.84 Å². The molecular formula is C16H24N2O2S. The second kappa shape index (κ2) is 6.36. The number of hydrogen-bond acceptors (Lipinski definition) is 4. The highest BCUT2D eigenvalue weighted by Crippen LogP contribution is 2.21. The maximum atomic E-state index is 11.5. The van der Waals surface area contributed by atoms with Gasteiger partial charge in [-0.3, -0.25) is 0 Å². The Hall–Kier alpha value is -1.07. The molecule has 2 aliphatic rings. The van der Waals surface area contributed by atoms with Crippen LogP contribution in [0.15, 0.2) is 30.3 Å². The van der Waals surface area contributed by atoms with Crippen molar-refractivity contribution in [3.05, 3.63) is 30.3 Å². The molecule has 0 amide bonds. The van der Waals surface area contributed by atoms with Crippen molar-refractivity contribution in [1.82, 2.24) is 5.32 Å². The fourth-order valence-corrected chi connectivity index (χ4v) is 5.21. The van der Waals surface area contributed by atoms with E-state index in [1.54, 1.807) is 0 Å². The number of hydrogen-bond donors (Lipinski definition) is 1. The topological polar surface area (TPSA) is 49.4 Å². The zero-order chi connectivity index (χ0) is 14.7. The van der Waals surface area contributed by atoms with Gasteiger partial charge in [-0.05, 0) is 43.9 Å². The molecule has 1 aromatic carbocycles. The Balaban J connectivity index is 1.42. The van der Waals surface area contributed by atoms with Crippen molar-refractivity contribution in [1.29, 1.82) is 0 Å². The summed E-state index contributed by atoms with van der Waals surface area (Å²) in [4.78, 5) is 2.43. The molecule has 4 nitrogen and oxygen atoms in total. The van der Waals surface area contributed by atoms with E-state index in [-0.39, 0.29) is 0 Å². The van der Waals surface area contributed by atoms with E-state index in [0.29, 0.717) is 23.5 Å². The van der Waals surface area contributed by atoms with Gasteiger partial charge in [-0.25, -0.2) is 8.42 Å². The zero-order valence-electron chi connectivity index (χ0n) is 12.4. The minimum atomic E-state index is -2.74. The van der Waals surface area contributed by atoms with Crippen molar-refractivity contribution < 1.29 is 8.42 Å². The summed E-state index contributed by atoms with van der Waals surface area (Å²) < 4.78 is 22.9. The van der Waals surface area contributed by atoms with Gasteiger partial charge in [0.05, 0.1) is 11.5 Å². The van der Waals surface area contributed by atoms with Crippen molar-refractivity contribution >= 4 is 15.5 Å². The van der Waals surface area contributed by atoms with Crippen LogP contribution in [0.5, 0.6) is 0 Å². The number of para-hydroxylation sites is 1. The van der Waals surface area contributed by atoms with Crippen LogP contribution in [0.1, 0.15) is 19.3 Å². The van der Waals surface area contributed by atoms with Gasteiger partial charge in [0.2, 0.25) is 0 Å². The molecule has 2 saturated heterocycles. The first-order valence-electron chi connectivity index (χ1n) is 7.86. The number of sulfone groups is 1. The molecule has 1 N–H and O–H groups in total. The van der Waals surface area contributed by atoms with Crippen LogP contribution < -0.4 is 10.2 Å². The average Bonchev–Trinajstić information content (AvgIpc) is 2.86. The van der Waals surface area contributed by atoms with Crippen LogP contribution in [0.3, 0.4) is 0 Å². The fourth-order valence-electron chi connectivity index (χ4n) is 3.35. The summed E-state index contributed by atoms with van der Waals surface area (Å²) in [7, 11) is -2.74. The quantitative estimate of drug-likeness (QED) is 0.919. The van der Waals surface area contributed by atoms with Gasteiger partial charge in [0.1, 0.15) is 0 Å². The highest BCUT2D eigenvalue weighted by molar-refractivity contribution is 7.91. The van der Waals surface area contributed by atoms with Crippen LogP contribution in [0, 0.1) is 5.92 Å². The van der Waals surface area contributed by atoms with Crippen LogP contribution in [-0.4, -0.2) is 45.6 Å². The first kappa shape index (κ1) is 14.9. The third-order valence-corrected chi connectivity index (χ3v) is 6.48. The predicted molar refractivity (Wildman–Crippen MR) is 86.4 cm³/mol. The molecule has 116 valence electrons. The van der Waals surface area contributed by atoms with Crippen molar-refractivity contribution in [3.8, 4) is 0 Å². The minimum Gasteiger partial charge on any atom is -0.371 e. The summed E-state index contributed by atoms with van der Waals surface area (Å²) in [5, 5.41) is 3.58. The number of anilines is 1. The smallest absolute Gasteiger partial charge is 0.150 e. The van der Waals surface area contributed by atoms with Gasteiger partial charge < -0.3 is 10.2 Å². The van der Waals surface area contributed by atoms with Crippen LogP contribution in [-0.2, 0) is 9.84 Å². The lowest BCUT2D eigenvalue weighted by atomic mass is 10.0. The maximum Gasteiger partial charge on any atom is 0.150 e. The molecule has 0 radical (unpaired) electrons. The van der Waals surface area contributed by atoms with E-state index in [1.807, 2.05) is 6.07 Å². The lowest BCUT2D eigenvalue weighted by Crippen LogP contribution is -2.44. The van der Waals surface area contributed by atoms with E-state index >= 15 is 0 Å². The summed E-state index contributed by atoms with van der Waals surface area (Å²) in [5.41, 5.74) is 1.30. The molecule has 0 spiro atoms. The molecule has 21 heavy (non-hydrogen) atoms. The monoisotopic (exact) mass is 308 g/mol. The van der Waals surface area contributed by atoms with Gasteiger partial charge in [-0.2, -0.15) is 0 Å². The van der Waals surface area contributed by atoms with E-state index in [2.05, 4.69) is 34.5 Å². The van der Waals surface area contributed by atoms with E-state index in [1.165, 1.54) is 5.69 Å². The molecular weight excluding hydrogens is 284 g/mol. The molecule has 1 unspecified atom stereocenters. The van der Waals surface area contributed by atoms with Gasteiger partial charge in [-0.15, -0.1) is 0 Å². The molecule has 2 aliphatic heterocycles. The predicted octanol–water partition coefficient (Wildman–Crippen LogP) is 1.68. The molecule has 2 fully saturated rings. The van der Waals surface area contributed by atoms with E-state index in [4.69, 9.17) is 0 Å². The molecule has 1 aromatic rings. The summed E-state index contributed by atoms with van der Waals surface area (Å²) in [6, 6.07) is 11.1. The first-order valence-corrected chi connectivity index (χ1v) is 9.68. The Morgan fingerprint density at radius 1 is 1.10 bits per heavy atom. The molecule has 0 saturated carbocycles. The van der Waals surface area contributed by atoms with Crippen LogP contribution in [0.25, 0.3) is 0 Å². The van der Waals surface area contributed by atoms with Crippen LogP contribution in [0.4, 0.5) is 5.69 Å². The standard InChI is InChI=1S/C16H24N2O2S/c19-21(20)11-8-14(13-21)12-17-15-6-9-18(10-7-15)16-4-2-1-3-5-16/h1-5,14-15,17H,6-13H2. The van der Waals surface area contributed by atoms with Gasteiger partial charge in [0.25, 0.3) is 0 Å². The van der Waals surface area contributed by atoms with Crippen molar-refractivity contribution in [2.24, 2.45) is 5.92 Å². The zero-order valence-corrected chi connectivity index (χ0v) is 13.2. The van der Waals surface area contributed by atoms with Gasteiger partial charge in [-0.1, -0.05) is 18.2 Å². The summed E-state index contributed by atoms with van der Waals surface area (Å²) in [6.07, 6.45) is 3.10. The Kier molecular flexibility index (Phi) is 4.50. The van der Waals surface area contributed by atoms with Gasteiger partial charge in [0, 0.05) is 24.8 Å². The number of piperidine rings is 1. The van der Waals surface area contributed by atoms with Crippen molar-refractivity contribution in [3.63, 3.8) is 0 Å². The fraction of sp³-hybridized carbons (Fsp3) is 0.625. The minimum absolute atomic E-state index is 0.321. The van der Waals surface area contributed by atoms with Crippen LogP contribution in [0.2, 0.25) is 0 Å². The summed E-state index contributed by atoms with van der Waals surface area (Å²) in [6.45, 7) is 3.00. The highest BCUT2D eigenvalue weighted by atomic mass is 32.2. The SMILES string of the molecule is O=S1(=O)CCC(CNC2CCN(c3ccccc3)CC2)C1. The van der Waals surface area contributed by atoms with Crippen molar-refractivity contribution in [2.45, 2.75) is 25.3 Å². The number of nitrogens with one attached hydrogen (secondary N) is 1. The Morgan fingerprint density at radius 2 is 1.81 bits per heavy atom. The molecule has 1 atom stereocenters. The van der Waals surface area contributed by atoms with Crippen molar-refractivity contribution in [2.75, 3.05) is 36.0 Å². The molecule has 5 heteroatoms. The van der Waals surface area contributed by atoms with E-state index in [9.17, 15) is 8.42 Å². The van der Waals surface area contributed by atoms with E-state index in [0.717, 1.165) is 38.9 Å². The first-order chi connectivity index (χ1) is 10.1. The van der Waals surface area contributed by atoms with E-state index < -0.39 is 9.84 Å². The third-order valence-electron chi connectivity index (χ3n) is 4.64. The third kappa shape index (κ3) is 3.98. The maximum absolute atomic E-state index is 11.5. The number of benzene rings is 1. The summed E-state index contributed by atoms with van der Waals surface area (Å²) >= 11 is 0. The lowest BCUT2D eigenvalue weighted by Gasteiger charge is -2.34. The summed E-state index contributed by atoms with van der Waals surface area (Å²) in [5.74, 6) is 1.08. The normalized spacial score (nSPS) is 26.1. The Morgan fingerprint density at radius 3 is 2.43 bits per heavy atom. The Labute approximate surface area is 127 Å². The lowest BCUT2D eigenvalue weighted by molar-refractivity contribution is 0.386. The highest BCUT2D eigenvalue weighted by Gasteiger charge is 2.28. The van der Waals surface area contributed by atoms with Crippen LogP contribution >= 0.6 is 0 Å². The average molecular weight is 308 g/mol. The molecule has 0 aliphatic carbocycles. The Bertz CT molecular complexity index is 551. The second-order valence-corrected chi connectivity index (χ2v) is 8.50. The number of nitrogens with zero attached hydrogens (tertiary/aromatic N) is 1.